The van der Waals surface area contributed by atoms with Gasteiger partial charge in [-0.25, -0.2) is 4.79 Å². The van der Waals surface area contributed by atoms with Crippen LogP contribution >= 0.6 is 0 Å². The van der Waals surface area contributed by atoms with Gasteiger partial charge >= 0.3 is 5.97 Å². The Morgan fingerprint density at radius 2 is 0.887 bits per heavy atom. The van der Waals surface area contributed by atoms with Crippen molar-refractivity contribution in [2.45, 2.75) is 79.7 Å². The van der Waals surface area contributed by atoms with Gasteiger partial charge in [-0.05, 0) is 91.1 Å². The molecule has 80 heavy (non-hydrogen) atoms. The molecule has 7 rings (SSSR count). The van der Waals surface area contributed by atoms with Gasteiger partial charge in [0.25, 0.3) is 0 Å². The van der Waals surface area contributed by atoms with Crippen LogP contribution in [0.1, 0.15) is 91.8 Å². The van der Waals surface area contributed by atoms with Crippen LogP contribution in [0.4, 0.5) is 0 Å². The minimum atomic E-state index is -0.939. The van der Waals surface area contributed by atoms with Crippen molar-refractivity contribution in [3.8, 4) is 51.7 Å². The first-order chi connectivity index (χ1) is 38.3. The highest BCUT2D eigenvalue weighted by molar-refractivity contribution is 5.85. The molecular formula is C63H83N5O12. The largest absolute Gasteiger partial charge is 0.497 e. The fourth-order valence-corrected chi connectivity index (χ4v) is 7.59. The first-order valence-corrected chi connectivity index (χ1v) is 25.7. The van der Waals surface area contributed by atoms with Crippen LogP contribution in [-0.4, -0.2) is 91.1 Å². The number of rotatable bonds is 20. The molecule has 0 aliphatic heterocycles. The lowest BCUT2D eigenvalue weighted by Crippen LogP contribution is -2.13. The second-order valence-corrected chi connectivity index (χ2v) is 19.0. The van der Waals surface area contributed by atoms with Crippen LogP contribution in [0, 0.1) is 20.8 Å². The van der Waals surface area contributed by atoms with E-state index in [0.29, 0.717) is 12.1 Å². The third kappa shape index (κ3) is 20.8. The molecule has 0 aliphatic rings. The van der Waals surface area contributed by atoms with Crippen LogP contribution in [0.15, 0.2) is 115 Å². The summed E-state index contributed by atoms with van der Waals surface area (Å²) in [5.74, 6) is 6.46. The topological polar surface area (TPSA) is 205 Å². The Morgan fingerprint density at radius 3 is 1.21 bits per heavy atom. The summed E-state index contributed by atoms with van der Waals surface area (Å²) in [5, 5.41) is 19.8. The number of aromatic nitrogens is 2. The Labute approximate surface area is 473 Å². The fraction of sp³-hybridized carbons (Fsp3) is 0.349. The zero-order chi connectivity index (χ0) is 59.4. The Hall–Kier alpha value is -8.25. The van der Waals surface area contributed by atoms with E-state index in [0.717, 1.165) is 123 Å². The lowest BCUT2D eigenvalue weighted by molar-refractivity contribution is 0.0684. The predicted octanol–water partition coefficient (Wildman–Crippen LogP) is 11.0. The van der Waals surface area contributed by atoms with Gasteiger partial charge in [-0.15, -0.1) is 0 Å². The second kappa shape index (κ2) is 33.9. The monoisotopic (exact) mass is 1100 g/mol. The summed E-state index contributed by atoms with van der Waals surface area (Å²) in [6, 6.07) is 36.7. The van der Waals surface area contributed by atoms with E-state index >= 15 is 0 Å². The van der Waals surface area contributed by atoms with Gasteiger partial charge in [0.15, 0.2) is 0 Å². The van der Waals surface area contributed by atoms with Gasteiger partial charge in [0.1, 0.15) is 63.7 Å². The number of hydrogen-bond acceptors (Lipinski definition) is 15. The van der Waals surface area contributed by atoms with Crippen LogP contribution in [0.3, 0.4) is 0 Å². The maximum Gasteiger partial charge on any atom is 0.354 e. The molecule has 0 amide bonds. The zero-order valence-corrected chi connectivity index (χ0v) is 49.5. The van der Waals surface area contributed by atoms with Crippen molar-refractivity contribution in [1.82, 2.24) is 20.4 Å². The standard InChI is InChI=1S/2C18H23NO3.C9H14N2O2.C9H13NO2.C9H10O2/c2*1-13-5-6-14(9-17(13)21-3)11-19-12-15-7-8-16(20-2)10-18(15)22-4;1-9(2,3)7-5-6(8(12)13)11(4)10-7;1-11-8-4-3-7(6-10)9(5-8)12-2;1-7-3-4-8(6-10)5-9(7)11-2/h2*5-10,19H,11-12H2,1-4H3;5H,1-4H3,(H,12,13);3-5H,6,10H2,1-2H3;3-6H,1-2H3. The predicted molar refractivity (Wildman–Crippen MR) is 315 cm³/mol. The number of nitrogens with zero attached hydrogens (tertiary/aromatic N) is 2. The van der Waals surface area contributed by atoms with Crippen molar-refractivity contribution in [3.63, 3.8) is 0 Å². The Kier molecular flexibility index (Phi) is 28.0. The number of aryl methyl sites for hydroxylation is 4. The first-order valence-electron chi connectivity index (χ1n) is 25.7. The van der Waals surface area contributed by atoms with Crippen LogP contribution < -0.4 is 59.0 Å². The smallest absolute Gasteiger partial charge is 0.354 e. The molecule has 0 saturated heterocycles. The van der Waals surface area contributed by atoms with E-state index in [-0.39, 0.29) is 11.1 Å². The number of carbonyl (C=O) groups excluding carboxylic acids is 1. The number of nitrogens with two attached hydrogens (primary N) is 1. The highest BCUT2D eigenvalue weighted by atomic mass is 16.5. The van der Waals surface area contributed by atoms with E-state index in [1.54, 1.807) is 89.2 Å². The van der Waals surface area contributed by atoms with Crippen LogP contribution in [0.2, 0.25) is 0 Å². The number of aldehydes is 1. The number of nitrogens with one attached hydrogen (secondary N) is 2. The van der Waals surface area contributed by atoms with Crippen molar-refractivity contribution in [3.05, 3.63) is 177 Å². The van der Waals surface area contributed by atoms with Crippen molar-refractivity contribution in [2.75, 3.05) is 64.0 Å². The summed E-state index contributed by atoms with van der Waals surface area (Å²) in [5.41, 5.74) is 15.9. The van der Waals surface area contributed by atoms with Crippen molar-refractivity contribution < 1.29 is 57.3 Å². The second-order valence-electron chi connectivity index (χ2n) is 19.0. The molecule has 17 heteroatoms. The lowest BCUT2D eigenvalue weighted by atomic mass is 9.92. The molecule has 0 saturated carbocycles. The molecule has 17 nitrogen and oxygen atoms in total. The minimum Gasteiger partial charge on any atom is -0.497 e. The lowest BCUT2D eigenvalue weighted by Gasteiger charge is -2.13. The van der Waals surface area contributed by atoms with Gasteiger partial charge in [-0.2, -0.15) is 5.10 Å². The fourth-order valence-electron chi connectivity index (χ4n) is 7.59. The van der Waals surface area contributed by atoms with Gasteiger partial charge in [0, 0.05) is 85.6 Å². The van der Waals surface area contributed by atoms with E-state index < -0.39 is 5.97 Å². The molecule has 1 heterocycles. The van der Waals surface area contributed by atoms with Crippen molar-refractivity contribution in [1.29, 1.82) is 0 Å². The number of ether oxygens (including phenoxy) is 9. The molecule has 0 aliphatic carbocycles. The third-order valence-electron chi connectivity index (χ3n) is 12.4. The molecular weight excluding hydrogens is 1020 g/mol. The van der Waals surface area contributed by atoms with E-state index in [9.17, 15) is 9.59 Å². The molecule has 0 fully saturated rings. The third-order valence-corrected chi connectivity index (χ3v) is 12.4. The number of aromatic carboxylic acids is 1. The highest BCUT2D eigenvalue weighted by Gasteiger charge is 2.21. The van der Waals surface area contributed by atoms with E-state index in [2.05, 4.69) is 52.1 Å². The van der Waals surface area contributed by atoms with E-state index in [1.165, 1.54) is 15.8 Å². The molecule has 5 N–H and O–H groups in total. The van der Waals surface area contributed by atoms with Gasteiger partial charge in [0.2, 0.25) is 0 Å². The maximum absolute atomic E-state index is 10.7. The molecule has 0 spiro atoms. The van der Waals surface area contributed by atoms with Crippen LogP contribution in [0.5, 0.6) is 51.7 Å². The molecule has 0 radical (unpaired) electrons. The molecule has 0 unspecified atom stereocenters. The molecule has 7 aromatic rings. The average molecular weight is 1100 g/mol. The summed E-state index contributed by atoms with van der Waals surface area (Å²) < 4.78 is 48.5. The van der Waals surface area contributed by atoms with E-state index in [4.69, 9.17) is 53.5 Å². The van der Waals surface area contributed by atoms with Crippen molar-refractivity contribution >= 4 is 12.3 Å². The molecule has 0 atom stereocenters. The van der Waals surface area contributed by atoms with Gasteiger partial charge < -0.3 is 64.1 Å². The summed E-state index contributed by atoms with van der Waals surface area (Å²) in [7, 11) is 16.5. The molecule has 432 valence electrons. The minimum absolute atomic E-state index is 0.106. The molecule has 0 bridgehead atoms. The van der Waals surface area contributed by atoms with Gasteiger partial charge in [-0.1, -0.05) is 75.4 Å². The van der Waals surface area contributed by atoms with Gasteiger partial charge in [-0.3, -0.25) is 9.48 Å². The summed E-state index contributed by atoms with van der Waals surface area (Å²) in [6.07, 6.45) is 0.808. The first kappa shape index (κ1) is 66.0. The summed E-state index contributed by atoms with van der Waals surface area (Å²) >= 11 is 0. The number of carboxylic acid groups (broad SMARTS) is 1. The van der Waals surface area contributed by atoms with E-state index in [1.807, 2.05) is 102 Å². The Morgan fingerprint density at radius 1 is 0.512 bits per heavy atom. The number of carboxylic acids is 1. The number of hydrogen-bond donors (Lipinski definition) is 4. The Bertz CT molecular complexity index is 2910. The summed E-state index contributed by atoms with van der Waals surface area (Å²) in [6.45, 7) is 15.5. The SMILES string of the molecule is COc1cc(C=O)ccc1C.COc1ccc(CN)c(OC)c1.COc1ccc(CNCc2ccc(C)c(OC)c2)c(OC)c1.COc1ccc(CNCc2ccc(C)c(OC)c2)c(OC)c1.Cn1nc(C(C)(C)C)cc1C(=O)O. The average Bonchev–Trinajstić information content (AvgIpc) is 3.89. The number of methoxy groups -OCH3 is 9. The van der Waals surface area contributed by atoms with Crippen LogP contribution in [-0.2, 0) is 45.2 Å². The number of benzene rings is 6. The maximum atomic E-state index is 10.7. The van der Waals surface area contributed by atoms with Crippen molar-refractivity contribution in [2.24, 2.45) is 12.8 Å². The normalized spacial score (nSPS) is 10.3. The molecule has 1 aromatic heterocycles. The summed E-state index contributed by atoms with van der Waals surface area (Å²) in [4.78, 5) is 21.0. The highest BCUT2D eigenvalue weighted by Crippen LogP contribution is 2.28. The van der Waals surface area contributed by atoms with Crippen LogP contribution in [0.25, 0.3) is 0 Å². The molecule has 6 aromatic carbocycles. The van der Waals surface area contributed by atoms with Gasteiger partial charge in [0.05, 0.1) is 69.7 Å². The zero-order valence-electron chi connectivity index (χ0n) is 49.5. The number of carbonyl (C=O) groups is 2. The quantitative estimate of drug-likeness (QED) is 0.0524. The Balaban J connectivity index is 0.000000271.